The molecule has 0 aromatic carbocycles. The molecule has 3 nitrogen and oxygen atoms in total. The van der Waals surface area contributed by atoms with Gasteiger partial charge in [0.2, 0.25) is 0 Å². The molecule has 0 amide bonds. The summed E-state index contributed by atoms with van der Waals surface area (Å²) in [5, 5.41) is 0. The number of rotatable bonds is 6. The minimum Gasteiger partial charge on any atom is -0.297 e. The standard InChI is InChI=1S/C14H27NO2S3/c1-10(2)9-12(15-20(17)13(4,5)6)14(11(3)16)18-7-8-19-14/h10,12,15H,7-9H2,1-6H3. The molecular formula is C14H27NO2S3. The van der Waals surface area contributed by atoms with E-state index in [-0.39, 0.29) is 16.6 Å². The largest absolute Gasteiger partial charge is 0.297 e. The van der Waals surface area contributed by atoms with Gasteiger partial charge < -0.3 is 0 Å². The van der Waals surface area contributed by atoms with Crippen molar-refractivity contribution in [3.8, 4) is 0 Å². The Bertz CT molecular complexity index is 371. The van der Waals surface area contributed by atoms with E-state index in [1.54, 1.807) is 30.4 Å². The number of carbonyl (C=O) groups is 1. The molecule has 0 aromatic rings. The van der Waals surface area contributed by atoms with Crippen LogP contribution in [0.15, 0.2) is 0 Å². The normalized spacial score (nSPS) is 21.9. The molecule has 1 aliphatic heterocycles. The van der Waals surface area contributed by atoms with Crippen molar-refractivity contribution < 1.29 is 9.00 Å². The molecule has 1 saturated heterocycles. The molecule has 0 bridgehead atoms. The third-order valence-corrected chi connectivity index (χ3v) is 8.57. The average Bonchev–Trinajstić information content (AvgIpc) is 2.76. The Morgan fingerprint density at radius 2 is 1.80 bits per heavy atom. The molecule has 0 saturated carbocycles. The van der Waals surface area contributed by atoms with Crippen LogP contribution in [-0.4, -0.2) is 36.4 Å². The first-order valence-electron chi connectivity index (χ1n) is 7.06. The maximum absolute atomic E-state index is 12.4. The highest BCUT2D eigenvalue weighted by atomic mass is 32.2. The number of hydrogen-bond donors (Lipinski definition) is 1. The third-order valence-electron chi connectivity index (χ3n) is 3.18. The molecule has 118 valence electrons. The molecule has 20 heavy (non-hydrogen) atoms. The highest BCUT2D eigenvalue weighted by molar-refractivity contribution is 8.22. The van der Waals surface area contributed by atoms with Gasteiger partial charge in [0.05, 0.1) is 21.8 Å². The first-order valence-corrected chi connectivity index (χ1v) is 10.2. The Hall–Kier alpha value is 0.480. The molecule has 0 aliphatic carbocycles. The zero-order valence-corrected chi connectivity index (χ0v) is 15.8. The molecule has 0 radical (unpaired) electrons. The van der Waals surface area contributed by atoms with E-state index >= 15 is 0 Å². The molecular weight excluding hydrogens is 310 g/mol. The highest BCUT2D eigenvalue weighted by Gasteiger charge is 2.48. The van der Waals surface area contributed by atoms with Crippen molar-refractivity contribution >= 4 is 40.3 Å². The molecule has 1 N–H and O–H groups in total. The second-order valence-electron chi connectivity index (χ2n) is 6.60. The number of carbonyl (C=O) groups excluding carboxylic acids is 1. The molecule has 2 unspecified atom stereocenters. The number of hydrogen-bond acceptors (Lipinski definition) is 4. The fourth-order valence-electron chi connectivity index (χ4n) is 2.14. The van der Waals surface area contributed by atoms with Crippen LogP contribution < -0.4 is 4.72 Å². The van der Waals surface area contributed by atoms with Crippen LogP contribution in [0.25, 0.3) is 0 Å². The van der Waals surface area contributed by atoms with Gasteiger partial charge in [0, 0.05) is 11.5 Å². The van der Waals surface area contributed by atoms with Crippen molar-refractivity contribution in [3.05, 3.63) is 0 Å². The lowest BCUT2D eigenvalue weighted by Crippen LogP contribution is -2.53. The van der Waals surface area contributed by atoms with Gasteiger partial charge in [0.25, 0.3) is 0 Å². The van der Waals surface area contributed by atoms with E-state index in [9.17, 15) is 9.00 Å². The molecule has 0 spiro atoms. The van der Waals surface area contributed by atoms with E-state index in [1.165, 1.54) is 0 Å². The second kappa shape index (κ2) is 7.16. The maximum Gasteiger partial charge on any atom is 0.157 e. The lowest BCUT2D eigenvalue weighted by atomic mass is 9.99. The first-order chi connectivity index (χ1) is 9.09. The van der Waals surface area contributed by atoms with E-state index in [0.29, 0.717) is 5.92 Å². The van der Waals surface area contributed by atoms with Crippen LogP contribution in [0.1, 0.15) is 48.0 Å². The Labute approximate surface area is 134 Å². The average molecular weight is 338 g/mol. The molecule has 0 aromatic heterocycles. The summed E-state index contributed by atoms with van der Waals surface area (Å²) in [6, 6.07) is -0.0439. The fraction of sp³-hybridized carbons (Fsp3) is 0.929. The lowest BCUT2D eigenvalue weighted by molar-refractivity contribution is -0.117. The first kappa shape index (κ1) is 18.5. The van der Waals surface area contributed by atoms with Gasteiger partial charge in [-0.25, -0.2) is 8.93 Å². The van der Waals surface area contributed by atoms with Crippen molar-refractivity contribution in [1.29, 1.82) is 0 Å². The van der Waals surface area contributed by atoms with Gasteiger partial charge >= 0.3 is 0 Å². The third kappa shape index (κ3) is 4.49. The van der Waals surface area contributed by atoms with Crippen LogP contribution in [0.5, 0.6) is 0 Å². The monoisotopic (exact) mass is 337 g/mol. The van der Waals surface area contributed by atoms with Crippen molar-refractivity contribution in [1.82, 2.24) is 4.72 Å². The van der Waals surface area contributed by atoms with Crippen molar-refractivity contribution in [2.45, 2.75) is 62.8 Å². The van der Waals surface area contributed by atoms with E-state index in [2.05, 4.69) is 18.6 Å². The van der Waals surface area contributed by atoms with Gasteiger partial charge in [-0.2, -0.15) is 0 Å². The SMILES string of the molecule is CC(=O)C1(C(CC(C)C)NS(=O)C(C)(C)C)SCCS1. The summed E-state index contributed by atoms with van der Waals surface area (Å²) in [6.07, 6.45) is 0.863. The van der Waals surface area contributed by atoms with Crippen molar-refractivity contribution in [2.24, 2.45) is 5.92 Å². The summed E-state index contributed by atoms with van der Waals surface area (Å²) >= 11 is 3.43. The second-order valence-corrected chi connectivity index (χ2v) is 11.5. The number of Topliss-reactive ketones (excluding diaryl/α,β-unsaturated/α-hetero) is 1. The van der Waals surface area contributed by atoms with Crippen LogP contribution in [0, 0.1) is 5.92 Å². The molecule has 1 rings (SSSR count). The van der Waals surface area contributed by atoms with Gasteiger partial charge in [-0.1, -0.05) is 13.8 Å². The van der Waals surface area contributed by atoms with E-state index in [4.69, 9.17) is 0 Å². The van der Waals surface area contributed by atoms with E-state index in [1.807, 2.05) is 20.8 Å². The minimum atomic E-state index is -1.15. The Kier molecular flexibility index (Phi) is 6.63. The topological polar surface area (TPSA) is 46.2 Å². The van der Waals surface area contributed by atoms with Crippen LogP contribution in [-0.2, 0) is 15.8 Å². The number of ketones is 1. The summed E-state index contributed by atoms with van der Waals surface area (Å²) in [5.41, 5.74) is 0. The van der Waals surface area contributed by atoms with Crippen LogP contribution in [0.2, 0.25) is 0 Å². The lowest BCUT2D eigenvalue weighted by Gasteiger charge is -2.36. The zero-order valence-electron chi connectivity index (χ0n) is 13.3. The quantitative estimate of drug-likeness (QED) is 0.808. The van der Waals surface area contributed by atoms with Crippen LogP contribution in [0.4, 0.5) is 0 Å². The summed E-state index contributed by atoms with van der Waals surface area (Å²) in [4.78, 5) is 12.2. The molecule has 2 atom stereocenters. The number of thioether (sulfide) groups is 2. The Morgan fingerprint density at radius 1 is 1.30 bits per heavy atom. The smallest absolute Gasteiger partial charge is 0.157 e. The summed E-state index contributed by atoms with van der Waals surface area (Å²) in [5.74, 6) is 2.63. The number of nitrogens with one attached hydrogen (secondary N) is 1. The highest BCUT2D eigenvalue weighted by Crippen LogP contribution is 2.48. The summed E-state index contributed by atoms with van der Waals surface area (Å²) < 4.78 is 14.9. The zero-order chi connectivity index (χ0) is 15.6. The molecule has 1 fully saturated rings. The summed E-state index contributed by atoms with van der Waals surface area (Å²) in [7, 11) is -1.15. The molecule has 1 aliphatic rings. The van der Waals surface area contributed by atoms with Gasteiger partial charge in [-0.05, 0) is 40.0 Å². The maximum atomic E-state index is 12.4. The molecule has 1 heterocycles. The van der Waals surface area contributed by atoms with E-state index < -0.39 is 15.1 Å². The molecule has 6 heteroatoms. The van der Waals surface area contributed by atoms with Crippen molar-refractivity contribution in [2.75, 3.05) is 11.5 Å². The predicted octanol–water partition coefficient (Wildman–Crippen LogP) is 3.22. The van der Waals surface area contributed by atoms with Crippen LogP contribution >= 0.6 is 23.5 Å². The van der Waals surface area contributed by atoms with Gasteiger partial charge in [-0.3, -0.25) is 4.79 Å². The van der Waals surface area contributed by atoms with Crippen molar-refractivity contribution in [3.63, 3.8) is 0 Å². The Morgan fingerprint density at radius 3 is 2.15 bits per heavy atom. The van der Waals surface area contributed by atoms with Gasteiger partial charge in [0.1, 0.15) is 4.08 Å². The van der Waals surface area contributed by atoms with Crippen LogP contribution in [0.3, 0.4) is 0 Å². The predicted molar refractivity (Wildman–Crippen MR) is 92.6 cm³/mol. The minimum absolute atomic E-state index is 0.0439. The Balaban J connectivity index is 2.99. The van der Waals surface area contributed by atoms with Gasteiger partial charge in [-0.15, -0.1) is 23.5 Å². The van der Waals surface area contributed by atoms with Gasteiger partial charge in [0.15, 0.2) is 5.78 Å². The summed E-state index contributed by atoms with van der Waals surface area (Å²) in [6.45, 7) is 11.8. The van der Waals surface area contributed by atoms with E-state index in [0.717, 1.165) is 17.9 Å². The fourth-order valence-corrected chi connectivity index (χ4v) is 6.40.